The number of urea groups is 1. The number of nitrogens with one attached hydrogen (secondary N) is 2. The molecule has 0 radical (unpaired) electrons. The summed E-state index contributed by atoms with van der Waals surface area (Å²) < 4.78 is 42.9. The molecule has 3 aromatic carbocycles. The summed E-state index contributed by atoms with van der Waals surface area (Å²) in [4.78, 5) is 26.5. The van der Waals surface area contributed by atoms with Crippen molar-refractivity contribution < 1.29 is 37.3 Å². The molecule has 0 spiro atoms. The van der Waals surface area contributed by atoms with E-state index < -0.39 is 12.1 Å². The Morgan fingerprint density at radius 2 is 1.63 bits per heavy atom. The highest BCUT2D eigenvalue weighted by atomic mass is 19.4. The van der Waals surface area contributed by atoms with Crippen LogP contribution in [0.3, 0.4) is 0 Å². The lowest BCUT2D eigenvalue weighted by atomic mass is 9.65. The minimum atomic E-state index is -5.08. The first-order chi connectivity index (χ1) is 21.9. The van der Waals surface area contributed by atoms with Crippen LogP contribution in [0.4, 0.5) is 29.3 Å². The van der Waals surface area contributed by atoms with Crippen LogP contribution in [-0.4, -0.2) is 75.1 Å². The van der Waals surface area contributed by atoms with E-state index in [9.17, 15) is 18.0 Å². The number of nitrogens with zero attached hydrogens (tertiary/aromatic N) is 2. The molecule has 12 heteroatoms. The molecule has 2 aliphatic rings. The third-order valence-corrected chi connectivity index (χ3v) is 8.78. The number of carbonyl (C=O) groups excluding carboxylic acids is 1. The van der Waals surface area contributed by atoms with E-state index in [0.29, 0.717) is 6.04 Å². The zero-order valence-electron chi connectivity index (χ0n) is 26.4. The second-order valence-corrected chi connectivity index (χ2v) is 11.8. The van der Waals surface area contributed by atoms with E-state index in [1.54, 1.807) is 14.2 Å². The predicted octanol–water partition coefficient (Wildman–Crippen LogP) is 6.29. The van der Waals surface area contributed by atoms with Crippen LogP contribution in [0.15, 0.2) is 72.8 Å². The second-order valence-electron chi connectivity index (χ2n) is 11.8. The number of ether oxygens (including phenoxy) is 2. The lowest BCUT2D eigenvalue weighted by molar-refractivity contribution is -0.192. The SMILES string of the molecule is COc1ccc(C23CCC(NC(=O)Nc4ccc(N(C)C)cc4)CC2N(Cc2ccccc2)CC3)cc1OC.O=C(O)C(F)(F)F. The van der Waals surface area contributed by atoms with Gasteiger partial charge in [-0.25, -0.2) is 9.59 Å². The number of carboxylic acids is 1. The Labute approximate surface area is 267 Å². The van der Waals surface area contributed by atoms with Crippen LogP contribution in [0.5, 0.6) is 11.5 Å². The molecule has 1 aliphatic carbocycles. The number of rotatable bonds is 8. The van der Waals surface area contributed by atoms with Crippen LogP contribution in [0.25, 0.3) is 0 Å². The van der Waals surface area contributed by atoms with Gasteiger partial charge < -0.3 is 30.1 Å². The molecule has 5 rings (SSSR count). The summed E-state index contributed by atoms with van der Waals surface area (Å²) in [5.41, 5.74) is 4.50. The maximum atomic E-state index is 13.0. The predicted molar refractivity (Wildman–Crippen MR) is 171 cm³/mol. The van der Waals surface area contributed by atoms with Gasteiger partial charge in [0.05, 0.1) is 14.2 Å². The average Bonchev–Trinajstić information content (AvgIpc) is 3.39. The molecule has 3 unspecified atom stereocenters. The Hall–Kier alpha value is -4.45. The third kappa shape index (κ3) is 8.22. The summed E-state index contributed by atoms with van der Waals surface area (Å²) in [5, 5.41) is 13.4. The number of anilines is 2. The van der Waals surface area contributed by atoms with Crippen molar-refractivity contribution in [2.24, 2.45) is 0 Å². The van der Waals surface area contributed by atoms with Gasteiger partial charge in [0.25, 0.3) is 0 Å². The van der Waals surface area contributed by atoms with Gasteiger partial charge in [0.2, 0.25) is 0 Å². The number of benzene rings is 3. The average molecular weight is 643 g/mol. The number of hydrogen-bond donors (Lipinski definition) is 3. The van der Waals surface area contributed by atoms with E-state index in [1.165, 1.54) is 11.1 Å². The summed E-state index contributed by atoms with van der Waals surface area (Å²) in [6.45, 7) is 1.92. The van der Waals surface area contributed by atoms with Gasteiger partial charge in [0, 0.05) is 49.5 Å². The fourth-order valence-corrected chi connectivity index (χ4v) is 6.46. The quantitative estimate of drug-likeness (QED) is 0.266. The molecule has 0 bridgehead atoms. The second kappa shape index (κ2) is 14.8. The van der Waals surface area contributed by atoms with Gasteiger partial charge in [-0.15, -0.1) is 0 Å². The van der Waals surface area contributed by atoms with Crippen molar-refractivity contribution in [1.82, 2.24) is 10.2 Å². The highest BCUT2D eigenvalue weighted by Gasteiger charge is 2.51. The zero-order valence-corrected chi connectivity index (χ0v) is 26.4. The van der Waals surface area contributed by atoms with Crippen LogP contribution in [0, 0.1) is 0 Å². The zero-order chi connectivity index (χ0) is 33.5. The molecule has 248 valence electrons. The minimum Gasteiger partial charge on any atom is -0.493 e. The molecular weight excluding hydrogens is 601 g/mol. The number of methoxy groups -OCH3 is 2. The third-order valence-electron chi connectivity index (χ3n) is 8.78. The van der Waals surface area contributed by atoms with E-state index in [0.717, 1.165) is 61.6 Å². The molecule has 2 fully saturated rings. The number of aliphatic carboxylic acids is 1. The maximum Gasteiger partial charge on any atom is 0.490 e. The molecule has 0 aromatic heterocycles. The van der Waals surface area contributed by atoms with E-state index in [-0.39, 0.29) is 17.5 Å². The van der Waals surface area contributed by atoms with Crippen molar-refractivity contribution in [2.45, 2.75) is 55.9 Å². The van der Waals surface area contributed by atoms with E-state index in [4.69, 9.17) is 19.4 Å². The minimum absolute atomic E-state index is 0.00496. The molecule has 1 saturated heterocycles. The monoisotopic (exact) mass is 642 g/mol. The first-order valence-electron chi connectivity index (χ1n) is 15.0. The lowest BCUT2D eigenvalue weighted by Gasteiger charge is -2.45. The number of alkyl halides is 3. The number of amides is 2. The molecule has 1 aliphatic heterocycles. The highest BCUT2D eigenvalue weighted by Crippen LogP contribution is 2.50. The fourth-order valence-electron chi connectivity index (χ4n) is 6.46. The smallest absolute Gasteiger partial charge is 0.490 e. The van der Waals surface area contributed by atoms with Gasteiger partial charge in [0.15, 0.2) is 11.5 Å². The molecule has 1 heterocycles. The van der Waals surface area contributed by atoms with E-state index in [2.05, 4.69) is 58.0 Å². The Morgan fingerprint density at radius 3 is 2.22 bits per heavy atom. The summed E-state index contributed by atoms with van der Waals surface area (Å²) in [6, 6.07) is 25.2. The molecule has 46 heavy (non-hydrogen) atoms. The van der Waals surface area contributed by atoms with Crippen LogP contribution in [0.2, 0.25) is 0 Å². The van der Waals surface area contributed by atoms with Crippen molar-refractivity contribution in [3.8, 4) is 11.5 Å². The Kier molecular flexibility index (Phi) is 11.0. The molecule has 3 aromatic rings. The highest BCUT2D eigenvalue weighted by molar-refractivity contribution is 5.89. The number of hydrogen-bond acceptors (Lipinski definition) is 6. The largest absolute Gasteiger partial charge is 0.493 e. The molecular formula is C34H41F3N4O5. The number of carboxylic acid groups (broad SMARTS) is 1. The first-order valence-corrected chi connectivity index (χ1v) is 15.0. The van der Waals surface area contributed by atoms with Gasteiger partial charge >= 0.3 is 18.2 Å². The van der Waals surface area contributed by atoms with Gasteiger partial charge in [-0.2, -0.15) is 13.2 Å². The lowest BCUT2D eigenvalue weighted by Crippen LogP contribution is -2.52. The fraction of sp³-hybridized carbons (Fsp3) is 0.412. The van der Waals surface area contributed by atoms with Crippen LogP contribution >= 0.6 is 0 Å². The van der Waals surface area contributed by atoms with Crippen molar-refractivity contribution in [3.05, 3.63) is 83.9 Å². The summed E-state index contributed by atoms with van der Waals surface area (Å²) >= 11 is 0. The maximum absolute atomic E-state index is 13.0. The molecule has 3 atom stereocenters. The standard InChI is InChI=1S/C32H40N4O3.C2HF3O2/c1-35(2)27-13-11-25(12-14-27)33-31(37)34-26-16-17-32(24-10-15-28(38-3)29(20-24)39-4)18-19-36(30(32)21-26)22-23-8-6-5-7-9-23;3-2(4,5)1(6)7/h5-15,20,26,30H,16-19,21-22H2,1-4H3,(H2,33,34,37);(H,6,7). The Bertz CT molecular complexity index is 1470. The van der Waals surface area contributed by atoms with Crippen molar-refractivity contribution >= 4 is 23.4 Å². The van der Waals surface area contributed by atoms with Gasteiger partial charge in [-0.3, -0.25) is 4.90 Å². The summed E-state index contributed by atoms with van der Waals surface area (Å²) in [6.07, 6.45) is -1.18. The molecule has 9 nitrogen and oxygen atoms in total. The summed E-state index contributed by atoms with van der Waals surface area (Å²) in [7, 11) is 7.38. The van der Waals surface area contributed by atoms with Crippen molar-refractivity contribution in [2.75, 3.05) is 45.1 Å². The van der Waals surface area contributed by atoms with Crippen molar-refractivity contribution in [3.63, 3.8) is 0 Å². The normalized spacial score (nSPS) is 20.8. The van der Waals surface area contributed by atoms with Crippen LogP contribution in [-0.2, 0) is 16.8 Å². The number of fused-ring (bicyclic) bond motifs is 1. The molecule has 1 saturated carbocycles. The van der Waals surface area contributed by atoms with Gasteiger partial charge in [0.1, 0.15) is 0 Å². The Balaban J connectivity index is 0.000000617. The number of likely N-dealkylation sites (tertiary alicyclic amines) is 1. The van der Waals surface area contributed by atoms with Gasteiger partial charge in [-0.1, -0.05) is 36.4 Å². The van der Waals surface area contributed by atoms with E-state index in [1.807, 2.05) is 49.3 Å². The van der Waals surface area contributed by atoms with Crippen molar-refractivity contribution in [1.29, 1.82) is 0 Å². The summed E-state index contributed by atoms with van der Waals surface area (Å²) in [5.74, 6) is -1.24. The molecule has 3 N–H and O–H groups in total. The van der Waals surface area contributed by atoms with E-state index >= 15 is 0 Å². The van der Waals surface area contributed by atoms with Crippen LogP contribution < -0.4 is 25.0 Å². The molecule has 2 amide bonds. The number of carbonyl (C=O) groups is 2. The number of halogens is 3. The first kappa shape index (κ1) is 34.4. The topological polar surface area (TPSA) is 103 Å². The van der Waals surface area contributed by atoms with Gasteiger partial charge in [-0.05, 0) is 79.8 Å². The van der Waals surface area contributed by atoms with Crippen LogP contribution in [0.1, 0.15) is 36.8 Å². The Morgan fingerprint density at radius 1 is 0.978 bits per heavy atom.